The fraction of sp³-hybridized carbons (Fsp3) is 0.750. The number of ketones is 1. The number of halogens is 1. The maximum atomic E-state index is 14.5. The van der Waals surface area contributed by atoms with Crippen molar-refractivity contribution in [3.63, 3.8) is 0 Å². The molecule has 0 saturated carbocycles. The number of carbonyl (C=O) groups excluding carboxylic acids is 1. The Bertz CT molecular complexity index is 421. The van der Waals surface area contributed by atoms with Crippen molar-refractivity contribution >= 4 is 5.78 Å². The minimum Gasteiger partial charge on any atom is -0.299 e. The van der Waals surface area contributed by atoms with E-state index in [1.807, 2.05) is 26.0 Å². The van der Waals surface area contributed by atoms with Crippen molar-refractivity contribution in [1.29, 1.82) is 0 Å². The maximum Gasteiger partial charge on any atom is 0.136 e. The van der Waals surface area contributed by atoms with E-state index in [-0.39, 0.29) is 11.8 Å². The summed E-state index contributed by atoms with van der Waals surface area (Å²) in [6.07, 6.45) is 7.85. The SMILES string of the molecule is CCCC(=O)C(CC(C)CC)C(CC)C1=CC=C(C)CC1F. The predicted octanol–water partition coefficient (Wildman–Crippen LogP) is 6.05. The van der Waals surface area contributed by atoms with Crippen molar-refractivity contribution in [2.45, 2.75) is 79.3 Å². The van der Waals surface area contributed by atoms with Crippen LogP contribution in [0.25, 0.3) is 0 Å². The minimum absolute atomic E-state index is 0.0174. The van der Waals surface area contributed by atoms with Gasteiger partial charge >= 0.3 is 0 Å². The van der Waals surface area contributed by atoms with Crippen LogP contribution in [0.2, 0.25) is 0 Å². The summed E-state index contributed by atoms with van der Waals surface area (Å²) >= 11 is 0. The second kappa shape index (κ2) is 9.27. The summed E-state index contributed by atoms with van der Waals surface area (Å²) in [7, 11) is 0. The van der Waals surface area contributed by atoms with Crippen LogP contribution in [0.4, 0.5) is 4.39 Å². The van der Waals surface area contributed by atoms with Crippen molar-refractivity contribution in [3.8, 4) is 0 Å². The van der Waals surface area contributed by atoms with E-state index >= 15 is 0 Å². The summed E-state index contributed by atoms with van der Waals surface area (Å²) in [5.74, 6) is 0.886. The normalized spacial score (nSPS) is 22.5. The summed E-state index contributed by atoms with van der Waals surface area (Å²) in [4.78, 5) is 12.6. The van der Waals surface area contributed by atoms with Crippen LogP contribution < -0.4 is 0 Å². The molecule has 1 nitrogen and oxygen atoms in total. The fourth-order valence-corrected chi connectivity index (χ4v) is 3.47. The molecule has 0 spiro atoms. The van der Waals surface area contributed by atoms with Gasteiger partial charge in [-0.2, -0.15) is 0 Å². The predicted molar refractivity (Wildman–Crippen MR) is 92.6 cm³/mol. The molecule has 0 aliphatic heterocycles. The Labute approximate surface area is 136 Å². The van der Waals surface area contributed by atoms with E-state index in [0.29, 0.717) is 24.5 Å². The van der Waals surface area contributed by atoms with Crippen LogP contribution in [-0.2, 0) is 4.79 Å². The Kier molecular flexibility index (Phi) is 8.06. The highest BCUT2D eigenvalue weighted by molar-refractivity contribution is 5.81. The smallest absolute Gasteiger partial charge is 0.136 e. The quantitative estimate of drug-likeness (QED) is 0.507. The maximum absolute atomic E-state index is 14.5. The van der Waals surface area contributed by atoms with Gasteiger partial charge < -0.3 is 0 Å². The molecule has 0 heterocycles. The third kappa shape index (κ3) is 5.07. The zero-order valence-corrected chi connectivity index (χ0v) is 15.0. The van der Waals surface area contributed by atoms with E-state index in [4.69, 9.17) is 0 Å². The molecule has 1 aliphatic rings. The third-order valence-electron chi connectivity index (χ3n) is 5.04. The summed E-state index contributed by atoms with van der Waals surface area (Å²) in [6, 6.07) is 0. The van der Waals surface area contributed by atoms with Gasteiger partial charge in [-0.3, -0.25) is 4.79 Å². The molecule has 0 aromatic heterocycles. The molecule has 1 rings (SSSR count). The Morgan fingerprint density at radius 3 is 2.45 bits per heavy atom. The highest BCUT2D eigenvalue weighted by atomic mass is 19.1. The lowest BCUT2D eigenvalue weighted by atomic mass is 9.73. The van der Waals surface area contributed by atoms with E-state index in [9.17, 15) is 9.18 Å². The highest BCUT2D eigenvalue weighted by Gasteiger charge is 2.33. The van der Waals surface area contributed by atoms with Crippen LogP contribution >= 0.6 is 0 Å². The van der Waals surface area contributed by atoms with Crippen LogP contribution in [0.15, 0.2) is 23.3 Å². The zero-order valence-electron chi connectivity index (χ0n) is 15.0. The Hall–Kier alpha value is -0.920. The standard InChI is InChI=1S/C20H33FO/c1-6-9-20(22)18(12-14(4)7-2)16(8-3)17-11-10-15(5)13-19(17)21/h10-11,14,16,18-19H,6-9,12-13H2,1-5H3. The van der Waals surface area contributed by atoms with Gasteiger partial charge in [-0.25, -0.2) is 4.39 Å². The molecule has 0 aromatic carbocycles. The number of allylic oxidation sites excluding steroid dienone is 4. The number of alkyl halides is 1. The molecular formula is C20H33FO. The molecule has 22 heavy (non-hydrogen) atoms. The van der Waals surface area contributed by atoms with Gasteiger partial charge in [-0.1, -0.05) is 51.8 Å². The van der Waals surface area contributed by atoms with Crippen molar-refractivity contribution < 1.29 is 9.18 Å². The van der Waals surface area contributed by atoms with E-state index in [0.717, 1.165) is 36.8 Å². The molecule has 4 unspecified atom stereocenters. The van der Waals surface area contributed by atoms with Crippen LogP contribution in [0.5, 0.6) is 0 Å². The molecular weight excluding hydrogens is 275 g/mol. The number of carbonyl (C=O) groups is 1. The summed E-state index contributed by atoms with van der Waals surface area (Å²) < 4.78 is 14.5. The van der Waals surface area contributed by atoms with Gasteiger partial charge in [0.05, 0.1) is 0 Å². The summed E-state index contributed by atoms with van der Waals surface area (Å²) in [5.41, 5.74) is 1.94. The van der Waals surface area contributed by atoms with Crippen LogP contribution in [0, 0.1) is 17.8 Å². The molecule has 0 aromatic rings. The number of hydrogen-bond donors (Lipinski definition) is 0. The fourth-order valence-electron chi connectivity index (χ4n) is 3.47. The first-order chi connectivity index (χ1) is 10.4. The van der Waals surface area contributed by atoms with Crippen molar-refractivity contribution in [1.82, 2.24) is 0 Å². The average Bonchev–Trinajstić information content (AvgIpc) is 2.48. The molecule has 0 N–H and O–H groups in total. The summed E-state index contributed by atoms with van der Waals surface area (Å²) in [5, 5.41) is 0. The monoisotopic (exact) mass is 308 g/mol. The Morgan fingerprint density at radius 2 is 1.95 bits per heavy atom. The Balaban J connectivity index is 3.04. The molecule has 0 fully saturated rings. The van der Waals surface area contributed by atoms with Gasteiger partial charge in [0.2, 0.25) is 0 Å². The molecule has 0 amide bonds. The van der Waals surface area contributed by atoms with E-state index in [2.05, 4.69) is 20.8 Å². The second-order valence-electron chi connectivity index (χ2n) is 6.94. The largest absolute Gasteiger partial charge is 0.299 e. The van der Waals surface area contributed by atoms with Crippen LogP contribution in [0.1, 0.15) is 73.1 Å². The first kappa shape index (κ1) is 19.1. The molecule has 0 saturated heterocycles. The van der Waals surface area contributed by atoms with Gasteiger partial charge in [0, 0.05) is 18.8 Å². The van der Waals surface area contributed by atoms with Crippen molar-refractivity contribution in [2.75, 3.05) is 0 Å². The molecule has 1 aliphatic carbocycles. The zero-order chi connectivity index (χ0) is 16.7. The number of Topliss-reactive ketones (excluding diaryl/α,β-unsaturated/α-hetero) is 1. The molecule has 2 heteroatoms. The Morgan fingerprint density at radius 1 is 1.27 bits per heavy atom. The highest BCUT2D eigenvalue weighted by Crippen LogP contribution is 2.37. The molecule has 0 bridgehead atoms. The third-order valence-corrected chi connectivity index (χ3v) is 5.04. The molecule has 4 atom stereocenters. The van der Waals surface area contributed by atoms with E-state index < -0.39 is 6.17 Å². The van der Waals surface area contributed by atoms with E-state index in [1.165, 1.54) is 0 Å². The average molecular weight is 308 g/mol. The number of rotatable bonds is 9. The van der Waals surface area contributed by atoms with Gasteiger partial charge in [-0.05, 0) is 43.6 Å². The van der Waals surface area contributed by atoms with Crippen LogP contribution in [0.3, 0.4) is 0 Å². The summed E-state index contributed by atoms with van der Waals surface area (Å²) in [6.45, 7) is 10.5. The number of hydrogen-bond acceptors (Lipinski definition) is 1. The van der Waals surface area contributed by atoms with Crippen molar-refractivity contribution in [3.05, 3.63) is 23.3 Å². The van der Waals surface area contributed by atoms with Crippen molar-refractivity contribution in [2.24, 2.45) is 17.8 Å². The lowest BCUT2D eigenvalue weighted by Crippen LogP contribution is -2.30. The van der Waals surface area contributed by atoms with Gasteiger partial charge in [0.25, 0.3) is 0 Å². The first-order valence-electron chi connectivity index (χ1n) is 8.98. The van der Waals surface area contributed by atoms with Crippen LogP contribution in [-0.4, -0.2) is 12.0 Å². The van der Waals surface area contributed by atoms with E-state index in [1.54, 1.807) is 0 Å². The lowest BCUT2D eigenvalue weighted by Gasteiger charge is -2.32. The minimum atomic E-state index is -0.913. The van der Waals surface area contributed by atoms with Gasteiger partial charge in [0.15, 0.2) is 0 Å². The second-order valence-corrected chi connectivity index (χ2v) is 6.94. The first-order valence-corrected chi connectivity index (χ1v) is 8.98. The lowest BCUT2D eigenvalue weighted by molar-refractivity contribution is -0.124. The van der Waals surface area contributed by atoms with Gasteiger partial charge in [0.1, 0.15) is 12.0 Å². The molecule has 126 valence electrons. The molecule has 0 radical (unpaired) electrons. The van der Waals surface area contributed by atoms with Gasteiger partial charge in [-0.15, -0.1) is 0 Å². The topological polar surface area (TPSA) is 17.1 Å².